The van der Waals surface area contributed by atoms with E-state index in [1.807, 2.05) is 13.0 Å². The Labute approximate surface area is 142 Å². The molecule has 1 amide bonds. The lowest BCUT2D eigenvalue weighted by molar-refractivity contribution is -0.116. The molecule has 0 fully saturated rings. The summed E-state index contributed by atoms with van der Waals surface area (Å²) in [6.45, 7) is 1.83. The number of anilines is 1. The molecule has 3 aromatic rings. The molecule has 0 bridgehead atoms. The van der Waals surface area contributed by atoms with Crippen molar-refractivity contribution in [2.24, 2.45) is 0 Å². The SMILES string of the molecule is Cc1cccc(NC(=O)CCc2ncc(-c3ccc(F)cc3F)o2)n1. The number of halogens is 2. The Morgan fingerprint density at radius 1 is 1.24 bits per heavy atom. The largest absolute Gasteiger partial charge is 0.441 e. The third-order valence-corrected chi connectivity index (χ3v) is 3.47. The zero-order chi connectivity index (χ0) is 17.8. The molecule has 0 aliphatic rings. The third-order valence-electron chi connectivity index (χ3n) is 3.47. The second kappa shape index (κ2) is 7.21. The molecule has 0 radical (unpaired) electrons. The quantitative estimate of drug-likeness (QED) is 0.763. The highest BCUT2D eigenvalue weighted by Crippen LogP contribution is 2.24. The van der Waals surface area contributed by atoms with Crippen molar-refractivity contribution < 1.29 is 18.0 Å². The molecule has 0 atom stereocenters. The number of nitrogens with one attached hydrogen (secondary N) is 1. The van der Waals surface area contributed by atoms with E-state index in [0.717, 1.165) is 17.8 Å². The molecule has 25 heavy (non-hydrogen) atoms. The molecule has 0 saturated heterocycles. The minimum atomic E-state index is -0.731. The van der Waals surface area contributed by atoms with Crippen LogP contribution in [0.2, 0.25) is 0 Å². The summed E-state index contributed by atoms with van der Waals surface area (Å²) in [6.07, 6.45) is 1.74. The lowest BCUT2D eigenvalue weighted by Gasteiger charge is -2.04. The van der Waals surface area contributed by atoms with Crippen LogP contribution < -0.4 is 5.32 Å². The van der Waals surface area contributed by atoms with E-state index < -0.39 is 11.6 Å². The van der Waals surface area contributed by atoms with Crippen molar-refractivity contribution in [3.8, 4) is 11.3 Å². The van der Waals surface area contributed by atoms with Crippen molar-refractivity contribution in [3.05, 3.63) is 65.8 Å². The molecule has 2 heterocycles. The number of carbonyl (C=O) groups is 1. The number of oxazole rings is 1. The molecule has 0 aliphatic heterocycles. The van der Waals surface area contributed by atoms with Gasteiger partial charge in [-0.1, -0.05) is 6.07 Å². The van der Waals surface area contributed by atoms with Crippen LogP contribution in [0.4, 0.5) is 14.6 Å². The Morgan fingerprint density at radius 3 is 2.84 bits per heavy atom. The average molecular weight is 343 g/mol. The van der Waals surface area contributed by atoms with Gasteiger partial charge in [0.15, 0.2) is 11.7 Å². The second-order valence-corrected chi connectivity index (χ2v) is 5.45. The van der Waals surface area contributed by atoms with Crippen LogP contribution in [0.5, 0.6) is 0 Å². The summed E-state index contributed by atoms with van der Waals surface area (Å²) in [7, 11) is 0. The molecule has 3 rings (SSSR count). The summed E-state index contributed by atoms with van der Waals surface area (Å²) < 4.78 is 32.1. The first kappa shape index (κ1) is 16.8. The summed E-state index contributed by atoms with van der Waals surface area (Å²) in [5, 5.41) is 2.69. The molecule has 128 valence electrons. The van der Waals surface area contributed by atoms with Crippen LogP contribution in [-0.2, 0) is 11.2 Å². The van der Waals surface area contributed by atoms with Gasteiger partial charge in [0.05, 0.1) is 11.8 Å². The van der Waals surface area contributed by atoms with Crippen molar-refractivity contribution >= 4 is 11.7 Å². The maximum absolute atomic E-state index is 13.7. The van der Waals surface area contributed by atoms with Gasteiger partial charge in [0, 0.05) is 24.6 Å². The Hall–Kier alpha value is -3.09. The van der Waals surface area contributed by atoms with E-state index in [9.17, 15) is 13.6 Å². The number of carbonyl (C=O) groups excluding carboxylic acids is 1. The normalized spacial score (nSPS) is 10.7. The number of pyridine rings is 1. The first-order valence-corrected chi connectivity index (χ1v) is 7.65. The van der Waals surface area contributed by atoms with Crippen molar-refractivity contribution in [2.75, 3.05) is 5.32 Å². The van der Waals surface area contributed by atoms with Gasteiger partial charge in [0.25, 0.3) is 0 Å². The summed E-state index contributed by atoms with van der Waals surface area (Å²) in [5.41, 5.74) is 0.921. The average Bonchev–Trinajstić information content (AvgIpc) is 3.01. The number of aromatic nitrogens is 2. The predicted octanol–water partition coefficient (Wildman–Crippen LogP) is 3.89. The molecule has 5 nitrogen and oxygen atoms in total. The molecule has 7 heteroatoms. The zero-order valence-electron chi connectivity index (χ0n) is 13.4. The van der Waals surface area contributed by atoms with Gasteiger partial charge in [0.1, 0.15) is 17.5 Å². The van der Waals surface area contributed by atoms with Gasteiger partial charge in [-0.05, 0) is 31.2 Å². The van der Waals surface area contributed by atoms with Gasteiger partial charge >= 0.3 is 0 Å². The van der Waals surface area contributed by atoms with Crippen LogP contribution in [0.15, 0.2) is 47.0 Å². The van der Waals surface area contributed by atoms with E-state index in [2.05, 4.69) is 15.3 Å². The van der Waals surface area contributed by atoms with E-state index in [0.29, 0.717) is 11.7 Å². The maximum Gasteiger partial charge on any atom is 0.226 e. The fourth-order valence-corrected chi connectivity index (χ4v) is 2.28. The number of hydrogen-bond donors (Lipinski definition) is 1. The van der Waals surface area contributed by atoms with E-state index in [-0.39, 0.29) is 30.1 Å². The molecule has 2 aromatic heterocycles. The molecule has 0 saturated carbocycles. The predicted molar refractivity (Wildman–Crippen MR) is 87.8 cm³/mol. The topological polar surface area (TPSA) is 68.0 Å². The number of aryl methyl sites for hydroxylation is 2. The van der Waals surface area contributed by atoms with Crippen LogP contribution >= 0.6 is 0 Å². The van der Waals surface area contributed by atoms with Crippen molar-refractivity contribution in [2.45, 2.75) is 19.8 Å². The second-order valence-electron chi connectivity index (χ2n) is 5.45. The van der Waals surface area contributed by atoms with Gasteiger partial charge in [-0.25, -0.2) is 18.7 Å². The van der Waals surface area contributed by atoms with Crippen molar-refractivity contribution in [1.82, 2.24) is 9.97 Å². The molecule has 0 unspecified atom stereocenters. The highest BCUT2D eigenvalue weighted by molar-refractivity contribution is 5.89. The summed E-state index contributed by atoms with van der Waals surface area (Å²) in [4.78, 5) is 20.2. The number of nitrogens with zero attached hydrogens (tertiary/aromatic N) is 2. The molecule has 0 spiro atoms. The van der Waals surface area contributed by atoms with Crippen LogP contribution in [0, 0.1) is 18.6 Å². The Balaban J connectivity index is 1.61. The van der Waals surface area contributed by atoms with Gasteiger partial charge in [0.2, 0.25) is 5.91 Å². The summed E-state index contributed by atoms with van der Waals surface area (Å²) in [6, 6.07) is 8.54. The van der Waals surface area contributed by atoms with E-state index in [1.54, 1.807) is 12.1 Å². The smallest absolute Gasteiger partial charge is 0.226 e. The summed E-state index contributed by atoms with van der Waals surface area (Å²) in [5.74, 6) is -0.662. The van der Waals surface area contributed by atoms with Gasteiger partial charge < -0.3 is 9.73 Å². The Kier molecular flexibility index (Phi) is 4.83. The Morgan fingerprint density at radius 2 is 2.08 bits per heavy atom. The maximum atomic E-state index is 13.7. The highest BCUT2D eigenvalue weighted by Gasteiger charge is 2.13. The van der Waals surface area contributed by atoms with Crippen molar-refractivity contribution in [1.29, 1.82) is 0 Å². The van der Waals surface area contributed by atoms with Crippen LogP contribution in [0.1, 0.15) is 18.0 Å². The van der Waals surface area contributed by atoms with Gasteiger partial charge in [-0.3, -0.25) is 4.79 Å². The van der Waals surface area contributed by atoms with E-state index >= 15 is 0 Å². The minimum Gasteiger partial charge on any atom is -0.441 e. The number of rotatable bonds is 5. The fourth-order valence-electron chi connectivity index (χ4n) is 2.28. The minimum absolute atomic E-state index is 0.119. The standard InChI is InChI=1S/C18H15F2N3O2/c1-11-3-2-4-16(22-11)23-17(24)7-8-18-21-10-15(25-18)13-6-5-12(19)9-14(13)20/h2-6,9-10H,7-8H2,1H3,(H,22,23,24). The molecular weight excluding hydrogens is 328 g/mol. The van der Waals surface area contributed by atoms with Crippen LogP contribution in [0.3, 0.4) is 0 Å². The molecule has 1 aromatic carbocycles. The lowest BCUT2D eigenvalue weighted by atomic mass is 10.2. The first-order valence-electron chi connectivity index (χ1n) is 7.65. The fraction of sp³-hybridized carbons (Fsp3) is 0.167. The molecular formula is C18H15F2N3O2. The first-order chi connectivity index (χ1) is 12.0. The van der Waals surface area contributed by atoms with Gasteiger partial charge in [-0.15, -0.1) is 0 Å². The lowest BCUT2D eigenvalue weighted by Crippen LogP contribution is -2.13. The van der Waals surface area contributed by atoms with Gasteiger partial charge in [-0.2, -0.15) is 0 Å². The van der Waals surface area contributed by atoms with Crippen molar-refractivity contribution in [3.63, 3.8) is 0 Å². The monoisotopic (exact) mass is 343 g/mol. The number of hydrogen-bond acceptors (Lipinski definition) is 4. The Bertz CT molecular complexity index is 909. The zero-order valence-corrected chi connectivity index (χ0v) is 13.4. The molecule has 1 N–H and O–H groups in total. The third kappa shape index (κ3) is 4.26. The van der Waals surface area contributed by atoms with E-state index in [1.165, 1.54) is 12.3 Å². The summed E-state index contributed by atoms with van der Waals surface area (Å²) >= 11 is 0. The number of benzene rings is 1. The highest BCUT2D eigenvalue weighted by atomic mass is 19.1. The van der Waals surface area contributed by atoms with E-state index in [4.69, 9.17) is 4.42 Å². The van der Waals surface area contributed by atoms with Crippen LogP contribution in [0.25, 0.3) is 11.3 Å². The number of amides is 1. The van der Waals surface area contributed by atoms with Crippen LogP contribution in [-0.4, -0.2) is 15.9 Å². The molecule has 0 aliphatic carbocycles.